The third kappa shape index (κ3) is 2.93. The summed E-state index contributed by atoms with van der Waals surface area (Å²) in [6.07, 6.45) is 8.44. The van der Waals surface area contributed by atoms with E-state index in [1.54, 1.807) is 7.11 Å². The minimum absolute atomic E-state index is 0.00430. The van der Waals surface area contributed by atoms with Crippen LogP contribution in [0.2, 0.25) is 0 Å². The van der Waals surface area contributed by atoms with Crippen molar-refractivity contribution in [3.63, 3.8) is 0 Å². The van der Waals surface area contributed by atoms with Crippen molar-refractivity contribution in [1.29, 1.82) is 0 Å². The highest BCUT2D eigenvalue weighted by Gasteiger charge is 2.32. The third-order valence-electron chi connectivity index (χ3n) is 4.47. The van der Waals surface area contributed by atoms with Gasteiger partial charge in [-0.05, 0) is 54.2 Å². The van der Waals surface area contributed by atoms with Crippen molar-refractivity contribution >= 4 is 22.6 Å². The van der Waals surface area contributed by atoms with Crippen LogP contribution >= 0.6 is 22.6 Å². The number of aromatic amines is 1. The molecule has 0 spiro atoms. The molecule has 3 rings (SSSR count). The van der Waals surface area contributed by atoms with E-state index < -0.39 is 0 Å². The Kier molecular flexibility index (Phi) is 4.45. The topological polar surface area (TPSA) is 55.0 Å². The lowest BCUT2D eigenvalue weighted by atomic mass is 9.85. The van der Waals surface area contributed by atoms with Crippen molar-refractivity contribution in [3.05, 3.63) is 25.4 Å². The zero-order valence-corrected chi connectivity index (χ0v) is 14.0. The van der Waals surface area contributed by atoms with E-state index in [0.717, 1.165) is 27.9 Å². The predicted octanol–water partition coefficient (Wildman–Crippen LogP) is 3.52. The van der Waals surface area contributed by atoms with Crippen LogP contribution in [0.4, 0.5) is 0 Å². The van der Waals surface area contributed by atoms with Crippen LogP contribution in [0.3, 0.4) is 0 Å². The smallest absolute Gasteiger partial charge is 0.264 e. The summed E-state index contributed by atoms with van der Waals surface area (Å²) in [5, 5.41) is 0. The molecule has 4 nitrogen and oxygen atoms in total. The molecule has 1 heterocycles. The summed E-state index contributed by atoms with van der Waals surface area (Å²) in [4.78, 5) is 19.8. The monoisotopic (exact) mass is 388 g/mol. The number of nitrogens with one attached hydrogen (secondary N) is 1. The molecule has 2 aliphatic rings. The van der Waals surface area contributed by atoms with E-state index in [-0.39, 0.29) is 11.7 Å². The number of hydrogen-bond acceptors (Lipinski definition) is 3. The highest BCUT2D eigenvalue weighted by atomic mass is 127. The molecule has 0 radical (unpaired) electrons. The molecule has 0 bridgehead atoms. The van der Waals surface area contributed by atoms with E-state index in [2.05, 4.69) is 27.6 Å². The molecule has 2 aliphatic carbocycles. The summed E-state index contributed by atoms with van der Waals surface area (Å²) in [6.45, 7) is 0. The molecule has 2 saturated carbocycles. The quantitative estimate of drug-likeness (QED) is 0.804. The number of aromatic nitrogens is 2. The molecule has 0 aromatic carbocycles. The van der Waals surface area contributed by atoms with E-state index in [9.17, 15) is 4.79 Å². The average Bonchev–Trinajstić information content (AvgIpc) is 3.29. The Morgan fingerprint density at radius 2 is 1.95 bits per heavy atom. The molecule has 0 amide bonds. The van der Waals surface area contributed by atoms with Crippen LogP contribution in [0.1, 0.15) is 68.5 Å². The predicted molar refractivity (Wildman–Crippen MR) is 85.9 cm³/mol. The van der Waals surface area contributed by atoms with Gasteiger partial charge in [0.05, 0.1) is 9.26 Å². The number of ether oxygens (including phenoxy) is 1. The largest absolute Gasteiger partial charge is 0.373 e. The van der Waals surface area contributed by atoms with Crippen molar-refractivity contribution in [1.82, 2.24) is 9.97 Å². The second kappa shape index (κ2) is 6.13. The molecule has 20 heavy (non-hydrogen) atoms. The van der Waals surface area contributed by atoms with Gasteiger partial charge in [-0.1, -0.05) is 19.3 Å². The fourth-order valence-electron chi connectivity index (χ4n) is 3.22. The minimum Gasteiger partial charge on any atom is -0.373 e. The lowest BCUT2D eigenvalue weighted by Crippen LogP contribution is -2.25. The number of H-pyrrole nitrogens is 1. The van der Waals surface area contributed by atoms with Crippen LogP contribution in [-0.2, 0) is 4.74 Å². The fourth-order valence-corrected chi connectivity index (χ4v) is 3.92. The normalized spacial score (nSPS) is 21.9. The van der Waals surface area contributed by atoms with Gasteiger partial charge in [0.1, 0.15) is 11.9 Å². The van der Waals surface area contributed by atoms with Gasteiger partial charge >= 0.3 is 0 Å². The SMILES string of the molecule is COC(c1nc(C2CC2)c(I)c(=O)[nH]1)C1CCCCC1. The first-order chi connectivity index (χ1) is 9.70. The summed E-state index contributed by atoms with van der Waals surface area (Å²) in [6, 6.07) is 0. The highest BCUT2D eigenvalue weighted by molar-refractivity contribution is 14.1. The van der Waals surface area contributed by atoms with Crippen LogP contribution in [0, 0.1) is 9.49 Å². The van der Waals surface area contributed by atoms with Gasteiger partial charge in [0, 0.05) is 13.0 Å². The Bertz CT molecular complexity index is 533. The number of methoxy groups -OCH3 is 1. The molecule has 110 valence electrons. The Hall–Kier alpha value is -0.430. The van der Waals surface area contributed by atoms with E-state index in [4.69, 9.17) is 9.72 Å². The number of hydrogen-bond donors (Lipinski definition) is 1. The van der Waals surface area contributed by atoms with Gasteiger partial charge < -0.3 is 9.72 Å². The molecular weight excluding hydrogens is 367 g/mol. The van der Waals surface area contributed by atoms with Gasteiger partial charge in [-0.2, -0.15) is 0 Å². The van der Waals surface area contributed by atoms with Crippen molar-refractivity contribution in [3.8, 4) is 0 Å². The fraction of sp³-hybridized carbons (Fsp3) is 0.733. The maximum absolute atomic E-state index is 12.1. The summed E-state index contributed by atoms with van der Waals surface area (Å²) < 4.78 is 6.45. The Morgan fingerprint density at radius 3 is 2.55 bits per heavy atom. The first-order valence-corrected chi connectivity index (χ1v) is 8.61. The first-order valence-electron chi connectivity index (χ1n) is 7.53. The summed E-state index contributed by atoms with van der Waals surface area (Å²) in [5.41, 5.74) is 0.984. The molecule has 1 aromatic heterocycles. The van der Waals surface area contributed by atoms with Gasteiger partial charge in [-0.25, -0.2) is 4.98 Å². The number of nitrogens with zero attached hydrogens (tertiary/aromatic N) is 1. The molecule has 2 fully saturated rings. The van der Waals surface area contributed by atoms with Gasteiger partial charge in [0.2, 0.25) is 0 Å². The zero-order valence-electron chi connectivity index (χ0n) is 11.8. The molecule has 1 unspecified atom stereocenters. The van der Waals surface area contributed by atoms with E-state index >= 15 is 0 Å². The summed E-state index contributed by atoms with van der Waals surface area (Å²) in [5.74, 6) is 1.72. The molecule has 5 heteroatoms. The third-order valence-corrected chi connectivity index (χ3v) is 5.51. The Morgan fingerprint density at radius 1 is 1.25 bits per heavy atom. The van der Waals surface area contributed by atoms with E-state index in [1.807, 2.05) is 0 Å². The maximum Gasteiger partial charge on any atom is 0.264 e. The van der Waals surface area contributed by atoms with Crippen molar-refractivity contribution in [2.24, 2.45) is 5.92 Å². The van der Waals surface area contributed by atoms with Gasteiger partial charge in [-0.3, -0.25) is 4.79 Å². The molecule has 1 aromatic rings. The van der Waals surface area contributed by atoms with Gasteiger partial charge in [-0.15, -0.1) is 0 Å². The summed E-state index contributed by atoms with van der Waals surface area (Å²) >= 11 is 2.12. The molecule has 1 N–H and O–H groups in total. The first kappa shape index (κ1) is 14.5. The maximum atomic E-state index is 12.1. The Labute approximate surface area is 132 Å². The van der Waals surface area contributed by atoms with Crippen LogP contribution < -0.4 is 5.56 Å². The van der Waals surface area contributed by atoms with Crippen molar-refractivity contribution in [2.75, 3.05) is 7.11 Å². The lowest BCUT2D eigenvalue weighted by molar-refractivity contribution is 0.0285. The molecule has 0 aliphatic heterocycles. The van der Waals surface area contributed by atoms with Crippen molar-refractivity contribution in [2.45, 2.75) is 57.0 Å². The van der Waals surface area contributed by atoms with Crippen LogP contribution in [0.5, 0.6) is 0 Å². The second-order valence-corrected chi connectivity index (χ2v) is 7.06. The molecule has 0 saturated heterocycles. The van der Waals surface area contributed by atoms with Crippen molar-refractivity contribution < 1.29 is 4.74 Å². The summed E-state index contributed by atoms with van der Waals surface area (Å²) in [7, 11) is 1.73. The second-order valence-electron chi connectivity index (χ2n) is 5.98. The van der Waals surface area contributed by atoms with Crippen LogP contribution in [0.25, 0.3) is 0 Å². The number of halogens is 1. The lowest BCUT2D eigenvalue weighted by Gasteiger charge is -2.28. The Balaban J connectivity index is 1.92. The minimum atomic E-state index is -0.0579. The number of rotatable bonds is 4. The zero-order chi connectivity index (χ0) is 14.1. The molecular formula is C15H21IN2O2. The van der Waals surface area contributed by atoms with Crippen LogP contribution in [-0.4, -0.2) is 17.1 Å². The van der Waals surface area contributed by atoms with Gasteiger partial charge in [0.25, 0.3) is 5.56 Å². The highest BCUT2D eigenvalue weighted by Crippen LogP contribution is 2.41. The van der Waals surface area contributed by atoms with Crippen LogP contribution in [0.15, 0.2) is 4.79 Å². The molecule has 1 atom stereocenters. The average molecular weight is 388 g/mol. The standard InChI is InChI=1S/C15H21IN2O2/c1-20-13(10-5-3-2-4-6-10)14-17-12(9-7-8-9)11(16)15(19)18-14/h9-10,13H,2-8H2,1H3,(H,17,18,19). The van der Waals surface area contributed by atoms with E-state index in [1.165, 1.54) is 32.1 Å². The van der Waals surface area contributed by atoms with Gasteiger partial charge in [0.15, 0.2) is 0 Å². The van der Waals surface area contributed by atoms with E-state index in [0.29, 0.717) is 11.8 Å².